The monoisotopic (exact) mass is 427 g/mol. The van der Waals surface area contributed by atoms with E-state index in [1.54, 1.807) is 29.6 Å². The smallest absolute Gasteiger partial charge is 0.417 e. The van der Waals surface area contributed by atoms with E-state index in [0.717, 1.165) is 16.4 Å². The van der Waals surface area contributed by atoms with Crippen molar-refractivity contribution in [2.24, 2.45) is 0 Å². The van der Waals surface area contributed by atoms with Crippen molar-refractivity contribution in [1.82, 2.24) is 0 Å². The Hall–Kier alpha value is -2.52. The highest BCUT2D eigenvalue weighted by molar-refractivity contribution is 7.92. The Morgan fingerprint density at radius 1 is 1.00 bits per heavy atom. The van der Waals surface area contributed by atoms with Gasteiger partial charge in [0, 0.05) is 4.88 Å². The van der Waals surface area contributed by atoms with Crippen molar-refractivity contribution in [3.8, 4) is 5.75 Å². The maximum absolute atomic E-state index is 13.4. The third kappa shape index (κ3) is 4.15. The number of nitrogens with zero attached hydrogens (tertiary/aromatic N) is 1. The summed E-state index contributed by atoms with van der Waals surface area (Å²) in [5.74, 6) is 0.507. The van der Waals surface area contributed by atoms with Crippen LogP contribution in [0.15, 0.2) is 70.9 Å². The molecule has 0 saturated heterocycles. The number of rotatable bonds is 6. The number of hydrogen-bond acceptors (Lipinski definition) is 4. The van der Waals surface area contributed by atoms with Crippen LogP contribution in [0.25, 0.3) is 0 Å². The van der Waals surface area contributed by atoms with E-state index in [2.05, 4.69) is 0 Å². The van der Waals surface area contributed by atoms with Crippen LogP contribution < -0.4 is 9.04 Å². The molecule has 0 amide bonds. The highest BCUT2D eigenvalue weighted by atomic mass is 32.2. The van der Waals surface area contributed by atoms with Gasteiger partial charge in [0.05, 0.1) is 29.8 Å². The van der Waals surface area contributed by atoms with Crippen molar-refractivity contribution in [1.29, 1.82) is 0 Å². The predicted octanol–water partition coefficient (Wildman–Crippen LogP) is 5.17. The van der Waals surface area contributed by atoms with Crippen molar-refractivity contribution in [3.63, 3.8) is 0 Å². The molecule has 0 fully saturated rings. The minimum atomic E-state index is -4.79. The number of thiophene rings is 1. The van der Waals surface area contributed by atoms with Crippen LogP contribution in [0.3, 0.4) is 0 Å². The standard InChI is InChI=1S/C19H16F3NO3S2/c1-26-15-10-8-14(9-11-15)23(13-16-5-4-12-27-16)28(24,25)18-7-3-2-6-17(18)19(20,21)22/h2-12H,13H2,1H3. The van der Waals surface area contributed by atoms with Gasteiger partial charge in [-0.15, -0.1) is 11.3 Å². The number of anilines is 1. The Kier molecular flexibility index (Phi) is 5.66. The van der Waals surface area contributed by atoms with E-state index in [-0.39, 0.29) is 12.2 Å². The van der Waals surface area contributed by atoms with Gasteiger partial charge in [-0.05, 0) is 47.8 Å². The number of methoxy groups -OCH3 is 1. The zero-order valence-corrected chi connectivity index (χ0v) is 16.3. The van der Waals surface area contributed by atoms with Gasteiger partial charge < -0.3 is 4.74 Å². The molecular weight excluding hydrogens is 411 g/mol. The molecule has 28 heavy (non-hydrogen) atoms. The van der Waals surface area contributed by atoms with Crippen LogP contribution in [0.1, 0.15) is 10.4 Å². The van der Waals surface area contributed by atoms with E-state index in [4.69, 9.17) is 4.74 Å². The summed E-state index contributed by atoms with van der Waals surface area (Å²) in [7, 11) is -3.02. The van der Waals surface area contributed by atoms with Gasteiger partial charge in [-0.2, -0.15) is 13.2 Å². The summed E-state index contributed by atoms with van der Waals surface area (Å²) in [5, 5.41) is 1.78. The number of ether oxygens (including phenoxy) is 1. The van der Waals surface area contributed by atoms with Crippen molar-refractivity contribution in [2.45, 2.75) is 17.6 Å². The van der Waals surface area contributed by atoms with E-state index >= 15 is 0 Å². The summed E-state index contributed by atoms with van der Waals surface area (Å²) in [6.07, 6.45) is -4.79. The normalized spacial score (nSPS) is 12.0. The molecule has 0 saturated carbocycles. The van der Waals surface area contributed by atoms with Crippen LogP contribution >= 0.6 is 11.3 Å². The van der Waals surface area contributed by atoms with E-state index in [1.807, 2.05) is 0 Å². The van der Waals surface area contributed by atoms with Gasteiger partial charge in [0.25, 0.3) is 10.0 Å². The summed E-state index contributed by atoms with van der Waals surface area (Å²) in [4.78, 5) is -0.0845. The van der Waals surface area contributed by atoms with Gasteiger partial charge in [-0.1, -0.05) is 18.2 Å². The SMILES string of the molecule is COc1ccc(N(Cc2cccs2)S(=O)(=O)c2ccccc2C(F)(F)F)cc1. The van der Waals surface area contributed by atoms with Gasteiger partial charge in [0.15, 0.2) is 0 Å². The lowest BCUT2D eigenvalue weighted by Crippen LogP contribution is -2.32. The second-order valence-electron chi connectivity index (χ2n) is 5.78. The fourth-order valence-corrected chi connectivity index (χ4v) is 5.08. The first kappa shape index (κ1) is 20.2. The molecular formula is C19H16F3NO3S2. The summed E-state index contributed by atoms with van der Waals surface area (Å²) in [6.45, 7) is -0.0848. The molecule has 0 spiro atoms. The van der Waals surface area contributed by atoms with Gasteiger partial charge in [0.2, 0.25) is 0 Å². The fraction of sp³-hybridized carbons (Fsp3) is 0.158. The number of benzene rings is 2. The zero-order chi connectivity index (χ0) is 20.4. The molecule has 0 atom stereocenters. The average Bonchev–Trinajstić information content (AvgIpc) is 3.19. The van der Waals surface area contributed by atoms with E-state index in [1.165, 1.54) is 42.7 Å². The topological polar surface area (TPSA) is 46.6 Å². The van der Waals surface area contributed by atoms with Gasteiger partial charge >= 0.3 is 6.18 Å². The number of halogens is 3. The van der Waals surface area contributed by atoms with Crippen molar-refractivity contribution in [2.75, 3.05) is 11.4 Å². The van der Waals surface area contributed by atoms with Crippen LogP contribution in [0.2, 0.25) is 0 Å². The third-order valence-electron chi connectivity index (χ3n) is 4.00. The fourth-order valence-electron chi connectivity index (χ4n) is 2.65. The minimum absolute atomic E-state index is 0.0848. The lowest BCUT2D eigenvalue weighted by Gasteiger charge is -2.26. The molecule has 0 aliphatic heterocycles. The summed E-state index contributed by atoms with van der Waals surface area (Å²) in [5.41, 5.74) is -0.953. The van der Waals surface area contributed by atoms with Crippen LogP contribution in [-0.4, -0.2) is 15.5 Å². The van der Waals surface area contributed by atoms with Crippen molar-refractivity contribution < 1.29 is 26.3 Å². The average molecular weight is 427 g/mol. The Labute approximate surface area is 164 Å². The van der Waals surface area contributed by atoms with Crippen LogP contribution in [-0.2, 0) is 22.7 Å². The van der Waals surface area contributed by atoms with E-state index < -0.39 is 26.7 Å². The van der Waals surface area contributed by atoms with Gasteiger partial charge in [0.1, 0.15) is 5.75 Å². The Balaban J connectivity index is 2.14. The first-order valence-corrected chi connectivity index (χ1v) is 10.4. The molecule has 1 heterocycles. The number of sulfonamides is 1. The molecule has 0 N–H and O–H groups in total. The maximum atomic E-state index is 13.4. The minimum Gasteiger partial charge on any atom is -0.497 e. The molecule has 3 rings (SSSR count). The van der Waals surface area contributed by atoms with E-state index in [9.17, 15) is 21.6 Å². The predicted molar refractivity (Wildman–Crippen MR) is 102 cm³/mol. The van der Waals surface area contributed by atoms with Crippen LogP contribution in [0, 0.1) is 0 Å². The zero-order valence-electron chi connectivity index (χ0n) is 14.7. The van der Waals surface area contributed by atoms with Crippen molar-refractivity contribution >= 4 is 27.0 Å². The number of hydrogen-bond donors (Lipinski definition) is 0. The quantitative estimate of drug-likeness (QED) is 0.545. The Bertz CT molecular complexity index is 1030. The lowest BCUT2D eigenvalue weighted by atomic mass is 10.2. The third-order valence-corrected chi connectivity index (χ3v) is 6.69. The largest absolute Gasteiger partial charge is 0.497 e. The second-order valence-corrected chi connectivity index (χ2v) is 8.65. The van der Waals surface area contributed by atoms with Gasteiger partial charge in [-0.3, -0.25) is 4.31 Å². The second kappa shape index (κ2) is 7.84. The van der Waals surface area contributed by atoms with Crippen molar-refractivity contribution in [3.05, 3.63) is 76.5 Å². The lowest BCUT2D eigenvalue weighted by molar-refractivity contribution is -0.139. The molecule has 4 nitrogen and oxygen atoms in total. The molecule has 0 aliphatic rings. The van der Waals surface area contributed by atoms with Gasteiger partial charge in [-0.25, -0.2) is 8.42 Å². The molecule has 0 aliphatic carbocycles. The molecule has 1 aromatic heterocycles. The molecule has 0 bridgehead atoms. The summed E-state index contributed by atoms with van der Waals surface area (Å²) >= 11 is 1.32. The Morgan fingerprint density at radius 2 is 1.68 bits per heavy atom. The highest BCUT2D eigenvalue weighted by Crippen LogP contribution is 2.37. The molecule has 0 radical (unpaired) electrons. The first-order chi connectivity index (χ1) is 13.2. The maximum Gasteiger partial charge on any atom is 0.417 e. The highest BCUT2D eigenvalue weighted by Gasteiger charge is 2.39. The molecule has 9 heteroatoms. The molecule has 0 unspecified atom stereocenters. The summed E-state index contributed by atoms with van der Waals surface area (Å²) in [6, 6.07) is 13.8. The molecule has 2 aromatic carbocycles. The van der Waals surface area contributed by atoms with Crippen LogP contribution in [0.5, 0.6) is 5.75 Å². The van der Waals surface area contributed by atoms with E-state index in [0.29, 0.717) is 10.6 Å². The molecule has 148 valence electrons. The summed E-state index contributed by atoms with van der Waals surface area (Å²) < 4.78 is 72.9. The van der Waals surface area contributed by atoms with Crippen LogP contribution in [0.4, 0.5) is 18.9 Å². The first-order valence-electron chi connectivity index (χ1n) is 8.09. The Morgan fingerprint density at radius 3 is 2.25 bits per heavy atom. The number of alkyl halides is 3. The molecule has 3 aromatic rings.